The van der Waals surface area contributed by atoms with Gasteiger partial charge in [-0.25, -0.2) is 0 Å². The van der Waals surface area contributed by atoms with Crippen LogP contribution in [0, 0.1) is 5.92 Å². The lowest BCUT2D eigenvalue weighted by Crippen LogP contribution is -2.40. The first-order valence-corrected chi connectivity index (χ1v) is 5.97. The number of alkyl halides is 1. The molecule has 1 aliphatic rings. The number of carbonyl (C=O) groups excluding carboxylic acids is 1. The summed E-state index contributed by atoms with van der Waals surface area (Å²) in [6.07, 6.45) is 4.31. The highest BCUT2D eigenvalue weighted by Crippen LogP contribution is 2.16. The fourth-order valence-corrected chi connectivity index (χ4v) is 2.32. The third-order valence-corrected chi connectivity index (χ3v) is 2.98. The van der Waals surface area contributed by atoms with E-state index >= 15 is 0 Å². The van der Waals surface area contributed by atoms with Gasteiger partial charge in [0.25, 0.3) is 0 Å². The molecule has 0 N–H and O–H groups in total. The van der Waals surface area contributed by atoms with E-state index in [1.165, 1.54) is 6.42 Å². The average Bonchev–Trinajstić information content (AvgIpc) is 2.17. The second kappa shape index (κ2) is 5.59. The number of hydrogen-bond acceptors (Lipinski definition) is 1. The van der Waals surface area contributed by atoms with E-state index in [0.717, 1.165) is 32.4 Å². The van der Waals surface area contributed by atoms with Crippen molar-refractivity contribution in [3.05, 3.63) is 0 Å². The SMILES string of the molecule is CC(C)CC(Cl)C(=O)N1CCCCC1. The summed E-state index contributed by atoms with van der Waals surface area (Å²) >= 11 is 6.07. The van der Waals surface area contributed by atoms with E-state index in [2.05, 4.69) is 13.8 Å². The predicted octanol–water partition coefficient (Wildman–Crippen LogP) is 2.65. The zero-order valence-corrected chi connectivity index (χ0v) is 9.89. The minimum absolute atomic E-state index is 0.139. The zero-order chi connectivity index (χ0) is 10.6. The first-order chi connectivity index (χ1) is 6.61. The number of hydrogen-bond donors (Lipinski definition) is 0. The van der Waals surface area contributed by atoms with Gasteiger partial charge in [-0.1, -0.05) is 13.8 Å². The maximum absolute atomic E-state index is 11.8. The van der Waals surface area contributed by atoms with E-state index in [-0.39, 0.29) is 11.3 Å². The summed E-state index contributed by atoms with van der Waals surface area (Å²) in [5, 5.41) is -0.312. The summed E-state index contributed by atoms with van der Waals surface area (Å²) in [5.41, 5.74) is 0. The Kier molecular flexibility index (Phi) is 4.73. The molecule has 1 atom stereocenters. The molecular weight excluding hydrogens is 198 g/mol. The molecule has 0 aromatic rings. The molecule has 1 unspecified atom stereocenters. The van der Waals surface area contributed by atoms with Crippen molar-refractivity contribution in [2.75, 3.05) is 13.1 Å². The van der Waals surface area contributed by atoms with Gasteiger partial charge in [-0.3, -0.25) is 4.79 Å². The number of nitrogens with zero attached hydrogens (tertiary/aromatic N) is 1. The molecule has 1 saturated heterocycles. The minimum atomic E-state index is -0.312. The van der Waals surface area contributed by atoms with Crippen LogP contribution in [0.1, 0.15) is 39.5 Å². The molecule has 0 saturated carbocycles. The van der Waals surface area contributed by atoms with Crippen molar-refractivity contribution in [1.82, 2.24) is 4.90 Å². The van der Waals surface area contributed by atoms with Crippen molar-refractivity contribution < 1.29 is 4.79 Å². The van der Waals surface area contributed by atoms with Crippen LogP contribution in [0.5, 0.6) is 0 Å². The molecule has 1 amide bonds. The van der Waals surface area contributed by atoms with Gasteiger partial charge in [-0.2, -0.15) is 0 Å². The molecule has 0 radical (unpaired) electrons. The summed E-state index contributed by atoms with van der Waals surface area (Å²) in [4.78, 5) is 13.7. The van der Waals surface area contributed by atoms with Crippen LogP contribution in [0.15, 0.2) is 0 Å². The monoisotopic (exact) mass is 217 g/mol. The summed E-state index contributed by atoms with van der Waals surface area (Å²) < 4.78 is 0. The number of likely N-dealkylation sites (tertiary alicyclic amines) is 1. The normalized spacial score (nSPS) is 19.9. The molecule has 0 bridgehead atoms. The fourth-order valence-electron chi connectivity index (χ4n) is 1.83. The second-order valence-electron chi connectivity index (χ2n) is 4.48. The van der Waals surface area contributed by atoms with Crippen LogP contribution in [-0.4, -0.2) is 29.3 Å². The average molecular weight is 218 g/mol. The van der Waals surface area contributed by atoms with Gasteiger partial charge in [-0.15, -0.1) is 11.6 Å². The summed E-state index contributed by atoms with van der Waals surface area (Å²) in [7, 11) is 0. The van der Waals surface area contributed by atoms with Gasteiger partial charge in [0.1, 0.15) is 5.38 Å². The Labute approximate surface area is 91.6 Å². The van der Waals surface area contributed by atoms with Gasteiger partial charge in [0.15, 0.2) is 0 Å². The largest absolute Gasteiger partial charge is 0.341 e. The Morgan fingerprint density at radius 1 is 1.29 bits per heavy atom. The van der Waals surface area contributed by atoms with Crippen LogP contribution in [0.4, 0.5) is 0 Å². The van der Waals surface area contributed by atoms with Crippen LogP contribution in [0.3, 0.4) is 0 Å². The molecule has 1 aliphatic heterocycles. The quantitative estimate of drug-likeness (QED) is 0.666. The Morgan fingerprint density at radius 2 is 1.86 bits per heavy atom. The van der Waals surface area contributed by atoms with Gasteiger partial charge >= 0.3 is 0 Å². The molecule has 0 spiro atoms. The van der Waals surface area contributed by atoms with Gasteiger partial charge in [0, 0.05) is 13.1 Å². The summed E-state index contributed by atoms with van der Waals surface area (Å²) in [6.45, 7) is 6.00. The molecule has 0 aliphatic carbocycles. The van der Waals surface area contributed by atoms with Crippen LogP contribution in [0.2, 0.25) is 0 Å². The highest BCUT2D eigenvalue weighted by atomic mass is 35.5. The van der Waals surface area contributed by atoms with Crippen molar-refractivity contribution in [2.24, 2.45) is 5.92 Å². The van der Waals surface area contributed by atoms with Gasteiger partial charge < -0.3 is 4.90 Å². The molecule has 1 rings (SSSR count). The lowest BCUT2D eigenvalue weighted by molar-refractivity contribution is -0.131. The standard InChI is InChI=1S/C11H20ClNO/c1-9(2)8-10(12)11(14)13-6-4-3-5-7-13/h9-10H,3-8H2,1-2H3. The number of carbonyl (C=O) groups is 1. The highest BCUT2D eigenvalue weighted by molar-refractivity contribution is 6.30. The van der Waals surface area contributed by atoms with E-state index in [9.17, 15) is 4.79 Å². The lowest BCUT2D eigenvalue weighted by atomic mass is 10.1. The first kappa shape index (κ1) is 11.8. The number of rotatable bonds is 3. The number of piperidine rings is 1. The molecule has 0 aromatic carbocycles. The van der Waals surface area contributed by atoms with Crippen molar-refractivity contribution in [1.29, 1.82) is 0 Å². The zero-order valence-electron chi connectivity index (χ0n) is 9.13. The van der Waals surface area contributed by atoms with Crippen molar-refractivity contribution in [3.63, 3.8) is 0 Å². The number of amides is 1. The van der Waals surface area contributed by atoms with Crippen molar-refractivity contribution >= 4 is 17.5 Å². The maximum atomic E-state index is 11.8. The lowest BCUT2D eigenvalue weighted by Gasteiger charge is -2.28. The first-order valence-electron chi connectivity index (χ1n) is 5.54. The third-order valence-electron chi connectivity index (χ3n) is 2.61. The van der Waals surface area contributed by atoms with E-state index in [1.54, 1.807) is 0 Å². The third kappa shape index (κ3) is 3.49. The molecule has 0 aromatic heterocycles. The molecule has 2 nitrogen and oxygen atoms in total. The highest BCUT2D eigenvalue weighted by Gasteiger charge is 2.23. The minimum Gasteiger partial charge on any atom is -0.341 e. The fraction of sp³-hybridized carbons (Fsp3) is 0.909. The topological polar surface area (TPSA) is 20.3 Å². The molecular formula is C11H20ClNO. The van der Waals surface area contributed by atoms with Gasteiger partial charge in [0.05, 0.1) is 0 Å². The second-order valence-corrected chi connectivity index (χ2v) is 5.01. The smallest absolute Gasteiger partial charge is 0.240 e. The van der Waals surface area contributed by atoms with Crippen LogP contribution < -0.4 is 0 Å². The molecule has 82 valence electrons. The van der Waals surface area contributed by atoms with Gasteiger partial charge in [-0.05, 0) is 31.6 Å². The van der Waals surface area contributed by atoms with Crippen LogP contribution in [-0.2, 0) is 4.79 Å². The Bertz CT molecular complexity index is 188. The van der Waals surface area contributed by atoms with E-state index < -0.39 is 0 Å². The van der Waals surface area contributed by atoms with Crippen molar-refractivity contribution in [2.45, 2.75) is 44.9 Å². The molecule has 14 heavy (non-hydrogen) atoms. The Balaban J connectivity index is 2.38. The van der Waals surface area contributed by atoms with E-state index in [0.29, 0.717) is 5.92 Å². The maximum Gasteiger partial charge on any atom is 0.240 e. The van der Waals surface area contributed by atoms with Crippen LogP contribution >= 0.6 is 11.6 Å². The molecule has 1 heterocycles. The Hall–Kier alpha value is -0.240. The molecule has 1 fully saturated rings. The van der Waals surface area contributed by atoms with E-state index in [1.807, 2.05) is 4.90 Å². The number of halogens is 1. The summed E-state index contributed by atoms with van der Waals surface area (Å²) in [5.74, 6) is 0.631. The van der Waals surface area contributed by atoms with Gasteiger partial charge in [0.2, 0.25) is 5.91 Å². The predicted molar refractivity (Wildman–Crippen MR) is 59.5 cm³/mol. The Morgan fingerprint density at radius 3 is 2.36 bits per heavy atom. The summed E-state index contributed by atoms with van der Waals surface area (Å²) in [6, 6.07) is 0. The molecule has 3 heteroatoms. The van der Waals surface area contributed by atoms with Crippen molar-refractivity contribution in [3.8, 4) is 0 Å². The van der Waals surface area contributed by atoms with E-state index in [4.69, 9.17) is 11.6 Å². The van der Waals surface area contributed by atoms with Crippen LogP contribution in [0.25, 0.3) is 0 Å².